The molecule has 1 saturated heterocycles. The molecule has 0 bridgehead atoms. The first kappa shape index (κ1) is 31.4. The molecule has 1 aliphatic heterocycles. The minimum absolute atomic E-state index is 0.0147. The fraction of sp³-hybridized carbons (Fsp3) is 0.364. The quantitative estimate of drug-likeness (QED) is 0.140. The molecule has 3 aromatic rings. The van der Waals surface area contributed by atoms with Gasteiger partial charge in [-0.2, -0.15) is 0 Å². The van der Waals surface area contributed by atoms with Gasteiger partial charge >= 0.3 is 258 Å². The number of aliphatic hydroxyl groups is 2. The number of aliphatic hydroxyl groups excluding tert-OH is 1. The Hall–Kier alpha value is -3.61. The molecule has 0 saturated carbocycles. The Bertz CT molecular complexity index is 1680. The summed E-state index contributed by atoms with van der Waals surface area (Å²) in [5.41, 5.74) is 3.04. The second kappa shape index (κ2) is 12.0. The molecule has 0 aromatic heterocycles. The van der Waals surface area contributed by atoms with Gasteiger partial charge in [0.1, 0.15) is 0 Å². The predicted octanol–water partition coefficient (Wildman–Crippen LogP) is 1.46. The first-order valence-corrected chi connectivity index (χ1v) is 16.6. The summed E-state index contributed by atoms with van der Waals surface area (Å²) in [7, 11) is 1.35. The second-order valence-corrected chi connectivity index (χ2v) is 13.8. The van der Waals surface area contributed by atoms with Crippen LogP contribution in [0.5, 0.6) is 17.2 Å². The van der Waals surface area contributed by atoms with Crippen molar-refractivity contribution in [2.75, 3.05) is 7.11 Å². The standard InChI is InChI=1S/C33H33NO10Se/c1-15-28(36)19(34)11-23(43-15)44-21-13-33(41,22(35)14-45-16-7-4-3-5-8-16)12-18-25(21)32(40)27-26(30(18)38)29(37)17-9-6-10-20(42-2)24(17)31(27)39/h3-10,15,19,21,23,28,36,38,40-41H,11-14,34H2,1-2H3/t15-,19-,21-,23-,28+,33-/m0/s1. The number of Topliss-reactive ketones (excluding diaryl/α,β-unsaturated/α-hetero) is 1. The number of nitrogens with two attached hydrogens (primary N) is 1. The van der Waals surface area contributed by atoms with Crippen LogP contribution in [0.4, 0.5) is 0 Å². The van der Waals surface area contributed by atoms with E-state index in [1.165, 1.54) is 25.3 Å². The normalized spacial score (nSPS) is 27.4. The van der Waals surface area contributed by atoms with Crippen LogP contribution in [0.25, 0.3) is 0 Å². The monoisotopic (exact) mass is 683 g/mol. The maximum absolute atomic E-state index is 13.9. The summed E-state index contributed by atoms with van der Waals surface area (Å²) < 4.78 is 18.4. The van der Waals surface area contributed by atoms with Crippen LogP contribution in [-0.4, -0.2) is 90.0 Å². The Kier molecular flexibility index (Phi) is 8.34. The van der Waals surface area contributed by atoms with Crippen molar-refractivity contribution < 1.29 is 49.0 Å². The Labute approximate surface area is 265 Å². The fourth-order valence-electron chi connectivity index (χ4n) is 6.40. The summed E-state index contributed by atoms with van der Waals surface area (Å²) in [5.74, 6) is -3.05. The number of phenolic OH excluding ortho intramolecular Hbond substituents is 2. The van der Waals surface area contributed by atoms with Crippen LogP contribution in [0.2, 0.25) is 5.32 Å². The molecule has 236 valence electrons. The first-order valence-electron chi connectivity index (χ1n) is 14.5. The number of fused-ring (bicyclic) bond motifs is 3. The molecule has 6 rings (SSSR count). The van der Waals surface area contributed by atoms with Gasteiger partial charge in [0.05, 0.1) is 7.11 Å². The van der Waals surface area contributed by atoms with Crippen molar-refractivity contribution in [1.82, 2.24) is 0 Å². The third-order valence-corrected chi connectivity index (χ3v) is 10.9. The van der Waals surface area contributed by atoms with Gasteiger partial charge in [-0.25, -0.2) is 0 Å². The molecule has 1 fully saturated rings. The van der Waals surface area contributed by atoms with Crippen molar-refractivity contribution in [2.45, 2.75) is 67.8 Å². The van der Waals surface area contributed by atoms with E-state index in [1.807, 2.05) is 30.3 Å². The summed E-state index contributed by atoms with van der Waals surface area (Å²) in [4.78, 5) is 41.3. The van der Waals surface area contributed by atoms with Crippen LogP contribution >= 0.6 is 0 Å². The van der Waals surface area contributed by atoms with Gasteiger partial charge in [0.25, 0.3) is 0 Å². The van der Waals surface area contributed by atoms with Crippen molar-refractivity contribution in [1.29, 1.82) is 0 Å². The van der Waals surface area contributed by atoms with E-state index in [0.717, 1.165) is 4.46 Å². The number of ether oxygens (including phenoxy) is 3. The number of benzene rings is 3. The summed E-state index contributed by atoms with van der Waals surface area (Å²) >= 11 is -0.305. The van der Waals surface area contributed by atoms with Gasteiger partial charge < -0.3 is 0 Å². The topological polar surface area (TPSA) is 186 Å². The van der Waals surface area contributed by atoms with Crippen molar-refractivity contribution in [2.24, 2.45) is 5.73 Å². The Morgan fingerprint density at radius 3 is 2.44 bits per heavy atom. The van der Waals surface area contributed by atoms with Gasteiger partial charge in [-0.15, -0.1) is 0 Å². The number of rotatable bonds is 7. The summed E-state index contributed by atoms with van der Waals surface area (Å²) in [6.07, 6.45) is -4.63. The zero-order valence-electron chi connectivity index (χ0n) is 24.6. The molecular weight excluding hydrogens is 649 g/mol. The molecule has 45 heavy (non-hydrogen) atoms. The molecular formula is C33H33NO10Se. The van der Waals surface area contributed by atoms with E-state index in [4.69, 9.17) is 19.9 Å². The zero-order valence-corrected chi connectivity index (χ0v) is 26.3. The van der Waals surface area contributed by atoms with Crippen LogP contribution < -0.4 is 14.9 Å². The van der Waals surface area contributed by atoms with E-state index < -0.39 is 82.6 Å². The fourth-order valence-corrected chi connectivity index (χ4v) is 8.32. The van der Waals surface area contributed by atoms with Crippen LogP contribution in [0, 0.1) is 0 Å². The van der Waals surface area contributed by atoms with Gasteiger partial charge in [0, 0.05) is 0 Å². The van der Waals surface area contributed by atoms with Crippen LogP contribution in [0.1, 0.15) is 68.8 Å². The van der Waals surface area contributed by atoms with E-state index in [2.05, 4.69) is 0 Å². The molecule has 11 nitrogen and oxygen atoms in total. The SMILES string of the molecule is COc1cccc2c1C(=O)c1c(O)c3c(c(O)c1C2=O)C[C@@](O)(C(=O)C[Se]c1ccccc1)C[C@@H]3O[C@H]1C[C@H](N)[C@H](O)[C@H](C)O1. The average molecular weight is 683 g/mol. The number of carbonyl (C=O) groups excluding carboxylic acids is 3. The van der Waals surface area contributed by atoms with Gasteiger partial charge in [-0.1, -0.05) is 0 Å². The molecule has 6 N–H and O–H groups in total. The molecule has 2 aliphatic carbocycles. The van der Waals surface area contributed by atoms with Crippen molar-refractivity contribution in [3.8, 4) is 17.2 Å². The number of hydrogen-bond acceptors (Lipinski definition) is 11. The molecule has 3 aromatic carbocycles. The zero-order chi connectivity index (χ0) is 32.2. The number of carbonyl (C=O) groups is 3. The Morgan fingerprint density at radius 2 is 1.76 bits per heavy atom. The molecule has 12 heteroatoms. The predicted molar refractivity (Wildman–Crippen MR) is 161 cm³/mol. The molecule has 6 atom stereocenters. The van der Waals surface area contributed by atoms with Crippen LogP contribution in [-0.2, 0) is 20.7 Å². The third-order valence-electron chi connectivity index (χ3n) is 8.77. The van der Waals surface area contributed by atoms with Crippen LogP contribution in [0.3, 0.4) is 0 Å². The van der Waals surface area contributed by atoms with Crippen molar-refractivity contribution >= 4 is 36.8 Å². The summed E-state index contributed by atoms with van der Waals surface area (Å²) in [5, 5.41) is 45.6. The molecule has 1 heterocycles. The average Bonchev–Trinajstić information content (AvgIpc) is 3.02. The molecule has 0 spiro atoms. The van der Waals surface area contributed by atoms with Crippen molar-refractivity contribution in [3.63, 3.8) is 0 Å². The number of phenols is 2. The van der Waals surface area contributed by atoms with E-state index in [9.17, 15) is 34.8 Å². The van der Waals surface area contributed by atoms with Gasteiger partial charge in [-0.05, 0) is 0 Å². The molecule has 0 unspecified atom stereocenters. The minimum atomic E-state index is -2.04. The number of aromatic hydroxyl groups is 2. The Morgan fingerprint density at radius 1 is 1.04 bits per heavy atom. The van der Waals surface area contributed by atoms with E-state index in [1.54, 1.807) is 6.92 Å². The third kappa shape index (κ3) is 5.36. The van der Waals surface area contributed by atoms with E-state index in [0.29, 0.717) is 0 Å². The van der Waals surface area contributed by atoms with Crippen LogP contribution in [0.15, 0.2) is 48.5 Å². The summed E-state index contributed by atoms with van der Waals surface area (Å²) in [6.45, 7) is 1.62. The first-order chi connectivity index (χ1) is 21.4. The molecule has 0 amide bonds. The summed E-state index contributed by atoms with van der Waals surface area (Å²) in [6, 6.07) is 13.1. The van der Waals surface area contributed by atoms with Crippen molar-refractivity contribution in [3.05, 3.63) is 81.9 Å². The number of methoxy groups -OCH3 is 1. The van der Waals surface area contributed by atoms with Gasteiger partial charge in [-0.3, -0.25) is 0 Å². The van der Waals surface area contributed by atoms with Gasteiger partial charge in [0.2, 0.25) is 0 Å². The maximum atomic E-state index is 13.9. The molecule has 0 radical (unpaired) electrons. The second-order valence-electron chi connectivity index (χ2n) is 11.6. The molecule has 3 aliphatic rings. The Balaban J connectivity index is 1.45. The van der Waals surface area contributed by atoms with E-state index in [-0.39, 0.29) is 61.1 Å². The van der Waals surface area contributed by atoms with E-state index >= 15 is 0 Å². The number of ketones is 3. The number of hydrogen-bond donors (Lipinski definition) is 5. The van der Waals surface area contributed by atoms with Gasteiger partial charge in [0.15, 0.2) is 0 Å².